The summed E-state index contributed by atoms with van der Waals surface area (Å²) in [5.74, 6) is -0.402. The Bertz CT molecular complexity index is 1090. The molecule has 3 rings (SSSR count). The lowest BCUT2D eigenvalue weighted by molar-refractivity contribution is -0.142. The van der Waals surface area contributed by atoms with E-state index < -0.39 is 11.9 Å². The van der Waals surface area contributed by atoms with Crippen LogP contribution < -0.4 is 20.3 Å². The maximum atomic E-state index is 12.6. The number of nitrogens with one attached hydrogen (secondary N) is 2. The van der Waals surface area contributed by atoms with Gasteiger partial charge in [0.25, 0.3) is 11.5 Å². The molecule has 0 spiro atoms. The van der Waals surface area contributed by atoms with Crippen molar-refractivity contribution in [3.8, 4) is 11.5 Å². The molecule has 0 aliphatic carbocycles. The highest BCUT2D eigenvalue weighted by Gasteiger charge is 2.13. The first kappa shape index (κ1) is 18.9. The molecule has 0 bridgehead atoms. The zero-order valence-corrected chi connectivity index (χ0v) is 15.1. The van der Waals surface area contributed by atoms with E-state index in [1.54, 1.807) is 24.3 Å². The standard InChI is InChI=1S/C19H17N3O6/c1-26-15-6-3-11(7-16(15)28-9-17(23)27-2)18(24)22-12-4-5-14-13(8-12)19(25)21-10-20-14/h3-8,10H,9H2,1-2H3,(H,22,24)(H,20,21,25). The minimum atomic E-state index is -0.563. The number of hydrogen-bond donors (Lipinski definition) is 2. The van der Waals surface area contributed by atoms with E-state index in [-0.39, 0.29) is 23.5 Å². The number of nitrogens with zero attached hydrogens (tertiary/aromatic N) is 1. The molecule has 0 fully saturated rings. The molecule has 0 aliphatic heterocycles. The summed E-state index contributed by atoms with van der Waals surface area (Å²) in [6.45, 7) is -0.321. The van der Waals surface area contributed by atoms with Crippen LogP contribution in [0.5, 0.6) is 11.5 Å². The van der Waals surface area contributed by atoms with Gasteiger partial charge in [0.05, 0.1) is 31.4 Å². The minimum absolute atomic E-state index is 0.222. The zero-order valence-electron chi connectivity index (χ0n) is 15.1. The van der Waals surface area contributed by atoms with Crippen molar-refractivity contribution in [2.45, 2.75) is 0 Å². The average molecular weight is 383 g/mol. The van der Waals surface area contributed by atoms with Gasteiger partial charge in [-0.05, 0) is 36.4 Å². The van der Waals surface area contributed by atoms with Crippen LogP contribution in [0.4, 0.5) is 5.69 Å². The van der Waals surface area contributed by atoms with E-state index in [0.717, 1.165) is 0 Å². The molecule has 28 heavy (non-hydrogen) atoms. The summed E-state index contributed by atoms with van der Waals surface area (Å²) in [4.78, 5) is 42.3. The summed E-state index contributed by atoms with van der Waals surface area (Å²) >= 11 is 0. The van der Waals surface area contributed by atoms with E-state index >= 15 is 0 Å². The van der Waals surface area contributed by atoms with Crippen LogP contribution in [-0.4, -0.2) is 42.7 Å². The van der Waals surface area contributed by atoms with Crippen LogP contribution in [0.2, 0.25) is 0 Å². The zero-order chi connectivity index (χ0) is 20.1. The highest BCUT2D eigenvalue weighted by Crippen LogP contribution is 2.28. The first-order chi connectivity index (χ1) is 13.5. The average Bonchev–Trinajstić information content (AvgIpc) is 2.72. The largest absolute Gasteiger partial charge is 0.493 e. The Labute approximate surface area is 159 Å². The summed E-state index contributed by atoms with van der Waals surface area (Å²) in [5, 5.41) is 3.07. The highest BCUT2D eigenvalue weighted by atomic mass is 16.6. The summed E-state index contributed by atoms with van der Waals surface area (Å²) in [6.07, 6.45) is 1.32. The van der Waals surface area contributed by atoms with Gasteiger partial charge in [-0.15, -0.1) is 0 Å². The molecule has 9 nitrogen and oxygen atoms in total. The Morgan fingerprint density at radius 1 is 1.11 bits per heavy atom. The van der Waals surface area contributed by atoms with Crippen molar-refractivity contribution >= 4 is 28.5 Å². The van der Waals surface area contributed by atoms with E-state index in [1.807, 2.05) is 0 Å². The number of methoxy groups -OCH3 is 2. The SMILES string of the molecule is COC(=O)COc1cc(C(=O)Nc2ccc3nc[nH]c(=O)c3c2)ccc1OC. The predicted molar refractivity (Wildman–Crippen MR) is 101 cm³/mol. The second-order valence-electron chi connectivity index (χ2n) is 5.65. The first-order valence-corrected chi connectivity index (χ1v) is 8.18. The van der Waals surface area contributed by atoms with Gasteiger partial charge in [-0.2, -0.15) is 0 Å². The molecule has 144 valence electrons. The second-order valence-corrected chi connectivity index (χ2v) is 5.65. The summed E-state index contributed by atoms with van der Waals surface area (Å²) in [7, 11) is 2.69. The number of aromatic nitrogens is 2. The van der Waals surface area contributed by atoms with Crippen LogP contribution in [-0.2, 0) is 9.53 Å². The molecule has 1 amide bonds. The van der Waals surface area contributed by atoms with Crippen molar-refractivity contribution in [1.82, 2.24) is 9.97 Å². The molecule has 9 heteroatoms. The lowest BCUT2D eigenvalue weighted by Crippen LogP contribution is -2.15. The molecule has 3 aromatic rings. The van der Waals surface area contributed by atoms with Gasteiger partial charge >= 0.3 is 5.97 Å². The molecule has 0 aliphatic rings. The van der Waals surface area contributed by atoms with Crippen LogP contribution >= 0.6 is 0 Å². The lowest BCUT2D eigenvalue weighted by atomic mass is 10.1. The number of H-pyrrole nitrogens is 1. The van der Waals surface area contributed by atoms with Crippen LogP contribution in [0.15, 0.2) is 47.5 Å². The fraction of sp³-hybridized carbons (Fsp3) is 0.158. The van der Waals surface area contributed by atoms with E-state index in [9.17, 15) is 14.4 Å². The minimum Gasteiger partial charge on any atom is -0.493 e. The van der Waals surface area contributed by atoms with Crippen LogP contribution in [0.3, 0.4) is 0 Å². The fourth-order valence-corrected chi connectivity index (χ4v) is 2.48. The van der Waals surface area contributed by atoms with E-state index in [1.165, 1.54) is 32.7 Å². The number of fused-ring (bicyclic) bond motifs is 1. The Morgan fingerprint density at radius 2 is 1.93 bits per heavy atom. The van der Waals surface area contributed by atoms with Crippen molar-refractivity contribution in [1.29, 1.82) is 0 Å². The third-order valence-electron chi connectivity index (χ3n) is 3.90. The summed E-state index contributed by atoms with van der Waals surface area (Å²) < 4.78 is 15.1. The van der Waals surface area contributed by atoms with Crippen LogP contribution in [0.25, 0.3) is 10.9 Å². The van der Waals surface area contributed by atoms with Gasteiger partial charge in [0.1, 0.15) is 0 Å². The number of carbonyl (C=O) groups is 2. The van der Waals surface area contributed by atoms with Crippen LogP contribution in [0, 0.1) is 0 Å². The number of amides is 1. The third kappa shape index (κ3) is 4.09. The molecule has 1 aromatic heterocycles. The predicted octanol–water partition coefficient (Wildman–Crippen LogP) is 1.74. The Balaban J connectivity index is 1.83. The number of hydrogen-bond acceptors (Lipinski definition) is 7. The molecule has 0 atom stereocenters. The molecule has 2 N–H and O–H groups in total. The van der Waals surface area contributed by atoms with Crippen molar-refractivity contribution in [3.05, 3.63) is 58.6 Å². The number of carbonyl (C=O) groups excluding carboxylic acids is 2. The molecule has 1 heterocycles. The molecule has 0 saturated carbocycles. The van der Waals surface area contributed by atoms with Crippen LogP contribution in [0.1, 0.15) is 10.4 Å². The normalized spacial score (nSPS) is 10.4. The second kappa shape index (κ2) is 8.21. The maximum Gasteiger partial charge on any atom is 0.343 e. The molecule has 2 aromatic carbocycles. The quantitative estimate of drug-likeness (QED) is 0.622. The number of aromatic amines is 1. The van der Waals surface area contributed by atoms with Gasteiger partial charge in [-0.3, -0.25) is 9.59 Å². The topological polar surface area (TPSA) is 120 Å². The smallest absolute Gasteiger partial charge is 0.343 e. The van der Waals surface area contributed by atoms with E-state index in [2.05, 4.69) is 20.0 Å². The Morgan fingerprint density at radius 3 is 2.68 bits per heavy atom. The van der Waals surface area contributed by atoms with E-state index in [0.29, 0.717) is 22.3 Å². The number of anilines is 1. The maximum absolute atomic E-state index is 12.6. The van der Waals surface area contributed by atoms with Gasteiger partial charge in [-0.1, -0.05) is 0 Å². The van der Waals surface area contributed by atoms with Crippen molar-refractivity contribution in [2.24, 2.45) is 0 Å². The molecule has 0 saturated heterocycles. The van der Waals surface area contributed by atoms with Gasteiger partial charge < -0.3 is 24.5 Å². The molecular formula is C19H17N3O6. The fourth-order valence-electron chi connectivity index (χ4n) is 2.48. The summed E-state index contributed by atoms with van der Waals surface area (Å²) in [6, 6.07) is 9.37. The first-order valence-electron chi connectivity index (χ1n) is 8.18. The van der Waals surface area contributed by atoms with Gasteiger partial charge in [0, 0.05) is 11.3 Å². The Kier molecular flexibility index (Phi) is 5.54. The number of ether oxygens (including phenoxy) is 3. The molecular weight excluding hydrogens is 366 g/mol. The Hall–Kier alpha value is -3.88. The van der Waals surface area contributed by atoms with Gasteiger partial charge in [0.15, 0.2) is 18.1 Å². The van der Waals surface area contributed by atoms with E-state index in [4.69, 9.17) is 9.47 Å². The number of esters is 1. The lowest BCUT2D eigenvalue weighted by Gasteiger charge is -2.12. The highest BCUT2D eigenvalue weighted by molar-refractivity contribution is 6.05. The number of rotatable bonds is 6. The monoisotopic (exact) mass is 383 g/mol. The van der Waals surface area contributed by atoms with Gasteiger partial charge in [-0.25, -0.2) is 9.78 Å². The van der Waals surface area contributed by atoms with Crippen molar-refractivity contribution in [2.75, 3.05) is 26.1 Å². The van der Waals surface area contributed by atoms with Crippen molar-refractivity contribution < 1.29 is 23.8 Å². The molecule has 0 unspecified atom stereocenters. The third-order valence-corrected chi connectivity index (χ3v) is 3.90. The van der Waals surface area contributed by atoms with Gasteiger partial charge in [0.2, 0.25) is 0 Å². The molecule has 0 radical (unpaired) electrons. The summed E-state index contributed by atoms with van der Waals surface area (Å²) in [5.41, 5.74) is 0.929. The van der Waals surface area contributed by atoms with Crippen molar-refractivity contribution in [3.63, 3.8) is 0 Å². The number of benzene rings is 2.